The molecule has 0 radical (unpaired) electrons. The number of ether oxygens (including phenoxy) is 3. The molecule has 1 aliphatic carbocycles. The predicted molar refractivity (Wildman–Crippen MR) is 137 cm³/mol. The minimum Gasteiger partial charge on any atom is -0.493 e. The van der Waals surface area contributed by atoms with Crippen LogP contribution >= 0.6 is 0 Å². The molecule has 3 aromatic rings. The molecule has 0 aromatic heterocycles. The van der Waals surface area contributed by atoms with Gasteiger partial charge >= 0.3 is 5.97 Å². The van der Waals surface area contributed by atoms with E-state index in [2.05, 4.69) is 5.16 Å². The Hall–Kier alpha value is -4.00. The molecule has 0 heterocycles. The monoisotopic (exact) mass is 489 g/mol. The van der Waals surface area contributed by atoms with Gasteiger partial charge in [-0.15, -0.1) is 0 Å². The lowest BCUT2D eigenvalue weighted by Gasteiger charge is -2.14. The summed E-state index contributed by atoms with van der Waals surface area (Å²) in [5, 5.41) is 13.1. The van der Waals surface area contributed by atoms with Crippen molar-refractivity contribution in [2.75, 3.05) is 20.3 Å². The lowest BCUT2D eigenvalue weighted by Crippen LogP contribution is -2.13. The smallest absolute Gasteiger partial charge is 0.303 e. The first-order valence-electron chi connectivity index (χ1n) is 12.1. The third kappa shape index (κ3) is 7.77. The number of hydrogen-bond donors (Lipinski definition) is 1. The van der Waals surface area contributed by atoms with Crippen LogP contribution in [0, 0.1) is 5.92 Å². The predicted octanol–water partition coefficient (Wildman–Crippen LogP) is 5.50. The van der Waals surface area contributed by atoms with Crippen molar-refractivity contribution < 1.29 is 28.9 Å². The van der Waals surface area contributed by atoms with Crippen LogP contribution in [0.5, 0.6) is 17.2 Å². The van der Waals surface area contributed by atoms with Crippen molar-refractivity contribution in [3.63, 3.8) is 0 Å². The number of carboxylic acid groups (broad SMARTS) is 1. The van der Waals surface area contributed by atoms with Crippen LogP contribution in [0.15, 0.2) is 78.0 Å². The van der Waals surface area contributed by atoms with E-state index in [1.54, 1.807) is 0 Å². The van der Waals surface area contributed by atoms with Crippen molar-refractivity contribution in [1.29, 1.82) is 0 Å². The van der Waals surface area contributed by atoms with E-state index in [1.807, 2.05) is 72.8 Å². The Morgan fingerprint density at radius 2 is 1.69 bits per heavy atom. The normalized spacial score (nSPS) is 13.2. The summed E-state index contributed by atoms with van der Waals surface area (Å²) in [6.07, 6.45) is 2.87. The zero-order valence-corrected chi connectivity index (χ0v) is 20.4. The molecule has 0 unspecified atom stereocenters. The Morgan fingerprint density at radius 1 is 0.944 bits per heavy atom. The van der Waals surface area contributed by atoms with Gasteiger partial charge in [-0.3, -0.25) is 4.79 Å². The fourth-order valence-corrected chi connectivity index (χ4v) is 3.60. The lowest BCUT2D eigenvalue weighted by atomic mass is 10.1. The Morgan fingerprint density at radius 3 is 2.39 bits per heavy atom. The summed E-state index contributed by atoms with van der Waals surface area (Å²) in [5.74, 6) is 1.89. The molecule has 7 nitrogen and oxygen atoms in total. The SMILES string of the molecule is CO/N=C(\COc1ccc(COc2ccc(CCC(=O)O)c(OCC3CC3)c2)cc1)c1ccccc1. The molecule has 4 rings (SSSR count). The molecule has 1 N–H and O–H groups in total. The minimum atomic E-state index is -0.821. The molecular weight excluding hydrogens is 458 g/mol. The molecule has 1 fully saturated rings. The first-order valence-corrected chi connectivity index (χ1v) is 12.1. The number of aliphatic carboxylic acids is 1. The molecule has 0 aliphatic heterocycles. The summed E-state index contributed by atoms with van der Waals surface area (Å²) in [6.45, 7) is 1.33. The largest absolute Gasteiger partial charge is 0.493 e. The second-order valence-electron chi connectivity index (χ2n) is 8.73. The summed E-state index contributed by atoms with van der Waals surface area (Å²) >= 11 is 0. The number of oxime groups is 1. The standard InChI is InChI=1S/C29H31NO6/c1-33-30-27(23-5-3-2-4-6-23)20-35-25-13-9-22(10-14-25)18-34-26-15-11-24(12-16-29(31)32)28(17-26)36-19-21-7-8-21/h2-6,9-11,13-15,17,21H,7-8,12,16,18-20H2,1H3,(H,31,32)/b30-27+. The van der Waals surface area contributed by atoms with Gasteiger partial charge in [0.1, 0.15) is 43.3 Å². The highest BCUT2D eigenvalue weighted by atomic mass is 16.6. The highest BCUT2D eigenvalue weighted by Gasteiger charge is 2.22. The quantitative estimate of drug-likeness (QED) is 0.238. The third-order valence-corrected chi connectivity index (χ3v) is 5.83. The van der Waals surface area contributed by atoms with Crippen LogP contribution in [-0.2, 0) is 22.7 Å². The van der Waals surface area contributed by atoms with E-state index in [4.69, 9.17) is 24.2 Å². The molecule has 0 saturated heterocycles. The van der Waals surface area contributed by atoms with E-state index < -0.39 is 5.97 Å². The Balaban J connectivity index is 1.32. The van der Waals surface area contributed by atoms with Crippen molar-refractivity contribution in [3.8, 4) is 17.2 Å². The molecule has 0 atom stereocenters. The van der Waals surface area contributed by atoms with Gasteiger partial charge < -0.3 is 24.2 Å². The van der Waals surface area contributed by atoms with Crippen molar-refractivity contribution >= 4 is 11.7 Å². The molecule has 188 valence electrons. The number of carbonyl (C=O) groups is 1. The van der Waals surface area contributed by atoms with Gasteiger partial charge in [-0.05, 0) is 54.5 Å². The van der Waals surface area contributed by atoms with Gasteiger partial charge in [0.05, 0.1) is 6.61 Å². The van der Waals surface area contributed by atoms with E-state index in [0.29, 0.717) is 42.8 Å². The maximum absolute atomic E-state index is 11.0. The zero-order valence-electron chi connectivity index (χ0n) is 20.4. The lowest BCUT2D eigenvalue weighted by molar-refractivity contribution is -0.136. The first kappa shape index (κ1) is 25.1. The molecule has 1 aliphatic rings. The second-order valence-corrected chi connectivity index (χ2v) is 8.73. The first-order chi connectivity index (χ1) is 17.6. The van der Waals surface area contributed by atoms with Crippen molar-refractivity contribution in [2.45, 2.75) is 32.3 Å². The van der Waals surface area contributed by atoms with Crippen LogP contribution in [-0.4, -0.2) is 37.1 Å². The summed E-state index contributed by atoms with van der Waals surface area (Å²) in [4.78, 5) is 16.0. The van der Waals surface area contributed by atoms with Gasteiger partial charge in [-0.2, -0.15) is 0 Å². The van der Waals surface area contributed by atoms with Gasteiger partial charge in [-0.1, -0.05) is 53.7 Å². The van der Waals surface area contributed by atoms with Gasteiger partial charge in [0.2, 0.25) is 0 Å². The highest BCUT2D eigenvalue weighted by Crippen LogP contribution is 2.32. The number of nitrogens with zero attached hydrogens (tertiary/aromatic N) is 1. The van der Waals surface area contributed by atoms with Gasteiger partial charge in [0.15, 0.2) is 0 Å². The van der Waals surface area contributed by atoms with E-state index in [0.717, 1.165) is 22.4 Å². The molecule has 36 heavy (non-hydrogen) atoms. The van der Waals surface area contributed by atoms with Gasteiger partial charge in [-0.25, -0.2) is 0 Å². The van der Waals surface area contributed by atoms with Crippen LogP contribution < -0.4 is 14.2 Å². The van der Waals surface area contributed by atoms with Crippen molar-refractivity contribution in [2.24, 2.45) is 11.1 Å². The van der Waals surface area contributed by atoms with E-state index in [-0.39, 0.29) is 13.0 Å². The fourth-order valence-electron chi connectivity index (χ4n) is 3.60. The zero-order chi connectivity index (χ0) is 25.2. The molecular formula is C29H31NO6. The topological polar surface area (TPSA) is 86.6 Å². The third-order valence-electron chi connectivity index (χ3n) is 5.83. The molecule has 7 heteroatoms. The minimum absolute atomic E-state index is 0.0680. The fraction of sp³-hybridized carbons (Fsp3) is 0.310. The molecule has 0 amide bonds. The van der Waals surface area contributed by atoms with Crippen molar-refractivity contribution in [3.05, 3.63) is 89.5 Å². The van der Waals surface area contributed by atoms with E-state index in [1.165, 1.54) is 20.0 Å². The maximum Gasteiger partial charge on any atom is 0.303 e. The molecule has 1 saturated carbocycles. The Kier molecular flexibility index (Phi) is 8.81. The second kappa shape index (κ2) is 12.6. The van der Waals surface area contributed by atoms with E-state index >= 15 is 0 Å². The summed E-state index contributed by atoms with van der Waals surface area (Å²) in [6, 6.07) is 23.1. The van der Waals surface area contributed by atoms with Crippen LogP contribution in [0.2, 0.25) is 0 Å². The van der Waals surface area contributed by atoms with Crippen LogP contribution in [0.1, 0.15) is 36.0 Å². The summed E-state index contributed by atoms with van der Waals surface area (Å²) < 4.78 is 17.9. The number of benzene rings is 3. The molecule has 3 aromatic carbocycles. The van der Waals surface area contributed by atoms with Gasteiger partial charge in [0, 0.05) is 18.1 Å². The van der Waals surface area contributed by atoms with Gasteiger partial charge in [0.25, 0.3) is 0 Å². The average molecular weight is 490 g/mol. The number of carboxylic acids is 1. The van der Waals surface area contributed by atoms with Crippen molar-refractivity contribution in [1.82, 2.24) is 0 Å². The summed E-state index contributed by atoms with van der Waals surface area (Å²) in [7, 11) is 1.52. The molecule has 0 bridgehead atoms. The summed E-state index contributed by atoms with van der Waals surface area (Å²) in [5.41, 5.74) is 3.53. The highest BCUT2D eigenvalue weighted by molar-refractivity contribution is 6.01. The number of hydrogen-bond acceptors (Lipinski definition) is 6. The molecule has 0 spiro atoms. The van der Waals surface area contributed by atoms with E-state index in [9.17, 15) is 4.79 Å². The Bertz CT molecular complexity index is 1160. The van der Waals surface area contributed by atoms with Crippen LogP contribution in [0.4, 0.5) is 0 Å². The average Bonchev–Trinajstić information content (AvgIpc) is 3.73. The Labute approximate surface area is 211 Å². The van der Waals surface area contributed by atoms with Crippen LogP contribution in [0.3, 0.4) is 0 Å². The van der Waals surface area contributed by atoms with Crippen LogP contribution in [0.25, 0.3) is 0 Å². The number of aryl methyl sites for hydroxylation is 1. The number of rotatable bonds is 14. The maximum atomic E-state index is 11.0.